The van der Waals surface area contributed by atoms with E-state index in [1.807, 2.05) is 49.0 Å². The van der Waals surface area contributed by atoms with Crippen LogP contribution in [-0.4, -0.2) is 32.7 Å². The fraction of sp³-hybridized carbons (Fsp3) is 0.320. The molecular weight excluding hydrogens is 418 g/mol. The van der Waals surface area contributed by atoms with E-state index >= 15 is 0 Å². The minimum absolute atomic E-state index is 0.0570. The van der Waals surface area contributed by atoms with Gasteiger partial charge in [-0.25, -0.2) is 4.68 Å². The summed E-state index contributed by atoms with van der Waals surface area (Å²) in [5.41, 5.74) is 3.05. The van der Waals surface area contributed by atoms with Crippen molar-refractivity contribution in [2.24, 2.45) is 7.05 Å². The fourth-order valence-corrected chi connectivity index (χ4v) is 4.42. The van der Waals surface area contributed by atoms with Gasteiger partial charge in [-0.05, 0) is 31.5 Å². The van der Waals surface area contributed by atoms with Gasteiger partial charge in [0.1, 0.15) is 17.3 Å². The molecule has 3 aromatic heterocycles. The van der Waals surface area contributed by atoms with Gasteiger partial charge in [0.25, 0.3) is 0 Å². The summed E-state index contributed by atoms with van der Waals surface area (Å²) in [7, 11) is 2.02. The lowest BCUT2D eigenvalue weighted by Gasteiger charge is -2.27. The highest BCUT2D eigenvalue weighted by Crippen LogP contribution is 2.33. The highest BCUT2D eigenvalue weighted by Gasteiger charge is 2.27. The van der Waals surface area contributed by atoms with Crippen LogP contribution in [0.2, 0.25) is 0 Å². The van der Waals surface area contributed by atoms with E-state index < -0.39 is 0 Å². The van der Waals surface area contributed by atoms with Gasteiger partial charge in [-0.2, -0.15) is 5.10 Å². The summed E-state index contributed by atoms with van der Waals surface area (Å²) in [4.78, 5) is 26.7. The summed E-state index contributed by atoms with van der Waals surface area (Å²) in [5, 5.41) is 8.80. The van der Waals surface area contributed by atoms with Gasteiger partial charge >= 0.3 is 0 Å². The minimum atomic E-state index is -0.0570. The molecule has 0 aliphatic carbocycles. The zero-order valence-corrected chi connectivity index (χ0v) is 18.9. The van der Waals surface area contributed by atoms with Gasteiger partial charge < -0.3 is 14.3 Å². The maximum atomic E-state index is 12.7. The van der Waals surface area contributed by atoms with Gasteiger partial charge in [-0.1, -0.05) is 18.2 Å². The summed E-state index contributed by atoms with van der Waals surface area (Å²) in [5.74, 6) is 2.36. The molecule has 2 amide bonds. The molecule has 1 aliphatic heterocycles. The average molecular weight is 446 g/mol. The summed E-state index contributed by atoms with van der Waals surface area (Å²) in [6.07, 6.45) is 3.40. The molecule has 170 valence electrons. The van der Waals surface area contributed by atoms with E-state index in [1.165, 1.54) is 0 Å². The monoisotopic (exact) mass is 445 g/mol. The number of aryl methyl sites for hydroxylation is 3. The Bertz CT molecular complexity index is 1330. The first-order chi connectivity index (χ1) is 16.0. The Kier molecular flexibility index (Phi) is 5.50. The van der Waals surface area contributed by atoms with Crippen LogP contribution in [0.4, 0.5) is 5.82 Å². The third-order valence-corrected chi connectivity index (χ3v) is 6.09. The van der Waals surface area contributed by atoms with E-state index in [2.05, 4.69) is 28.2 Å². The molecule has 0 saturated carbocycles. The number of hydrogen-bond donors (Lipinski definition) is 1. The van der Waals surface area contributed by atoms with Crippen LogP contribution < -0.4 is 10.2 Å². The van der Waals surface area contributed by atoms with Crippen molar-refractivity contribution in [1.82, 2.24) is 19.7 Å². The topological polar surface area (TPSA) is 85.3 Å². The lowest BCUT2D eigenvalue weighted by atomic mass is 10.1. The van der Waals surface area contributed by atoms with Crippen molar-refractivity contribution in [3.05, 3.63) is 60.2 Å². The zero-order valence-electron chi connectivity index (χ0n) is 18.9. The van der Waals surface area contributed by atoms with E-state index in [0.29, 0.717) is 38.9 Å². The number of amides is 2. The number of furan rings is 1. The van der Waals surface area contributed by atoms with Crippen LogP contribution in [0.3, 0.4) is 0 Å². The number of anilines is 1. The van der Waals surface area contributed by atoms with Crippen LogP contribution in [0.1, 0.15) is 30.8 Å². The Morgan fingerprint density at radius 3 is 2.88 bits per heavy atom. The lowest BCUT2D eigenvalue weighted by molar-refractivity contribution is -0.122. The van der Waals surface area contributed by atoms with Crippen molar-refractivity contribution in [1.29, 1.82) is 0 Å². The normalized spacial score (nSPS) is 13.5. The number of rotatable bonds is 7. The smallest absolute Gasteiger partial charge is 0.229 e. The SMILES string of the molecule is Cc1ccc(CNC(=O)CCCN2C(=O)CCn3nc(-c4cn(C)c5ccccc45)cc32)o1. The maximum absolute atomic E-state index is 12.7. The minimum Gasteiger partial charge on any atom is -0.465 e. The number of hydrogen-bond acceptors (Lipinski definition) is 4. The van der Waals surface area contributed by atoms with Crippen molar-refractivity contribution in [3.8, 4) is 11.3 Å². The molecule has 8 heteroatoms. The van der Waals surface area contributed by atoms with E-state index in [9.17, 15) is 9.59 Å². The third kappa shape index (κ3) is 4.16. The Balaban J connectivity index is 1.27. The van der Waals surface area contributed by atoms with Crippen LogP contribution in [-0.2, 0) is 29.7 Å². The molecule has 8 nitrogen and oxygen atoms in total. The van der Waals surface area contributed by atoms with Crippen molar-refractivity contribution in [3.63, 3.8) is 0 Å². The first-order valence-corrected chi connectivity index (χ1v) is 11.2. The molecular formula is C25H27N5O3. The van der Waals surface area contributed by atoms with Crippen molar-refractivity contribution in [2.45, 2.75) is 39.3 Å². The van der Waals surface area contributed by atoms with Crippen LogP contribution >= 0.6 is 0 Å². The molecule has 4 heterocycles. The number of carbonyl (C=O) groups is 2. The molecule has 4 aromatic rings. The quantitative estimate of drug-likeness (QED) is 0.469. The van der Waals surface area contributed by atoms with Crippen LogP contribution in [0, 0.1) is 6.92 Å². The Hall–Kier alpha value is -3.81. The number of aromatic nitrogens is 3. The van der Waals surface area contributed by atoms with Gasteiger partial charge in [-0.3, -0.25) is 14.5 Å². The average Bonchev–Trinajstić information content (AvgIpc) is 3.51. The van der Waals surface area contributed by atoms with E-state index in [1.54, 1.807) is 4.90 Å². The molecule has 1 N–H and O–H groups in total. The molecule has 0 fully saturated rings. The molecule has 0 bridgehead atoms. The highest BCUT2D eigenvalue weighted by atomic mass is 16.3. The Labute approximate surface area is 191 Å². The summed E-state index contributed by atoms with van der Waals surface area (Å²) in [6.45, 7) is 3.29. The molecule has 0 atom stereocenters. The lowest BCUT2D eigenvalue weighted by Crippen LogP contribution is -2.38. The second-order valence-corrected chi connectivity index (χ2v) is 8.47. The molecule has 0 unspecified atom stereocenters. The summed E-state index contributed by atoms with van der Waals surface area (Å²) < 4.78 is 9.47. The summed E-state index contributed by atoms with van der Waals surface area (Å²) in [6, 6.07) is 13.9. The van der Waals surface area contributed by atoms with Gasteiger partial charge in [-0.15, -0.1) is 0 Å². The number of nitrogens with zero attached hydrogens (tertiary/aromatic N) is 4. The molecule has 0 saturated heterocycles. The fourth-order valence-electron chi connectivity index (χ4n) is 4.42. The second kappa shape index (κ2) is 8.61. The number of para-hydroxylation sites is 1. The van der Waals surface area contributed by atoms with E-state index in [0.717, 1.165) is 39.5 Å². The van der Waals surface area contributed by atoms with Gasteiger partial charge in [0.15, 0.2) is 0 Å². The van der Waals surface area contributed by atoms with E-state index in [4.69, 9.17) is 9.52 Å². The number of carbonyl (C=O) groups excluding carboxylic acids is 2. The first kappa shape index (κ1) is 21.1. The van der Waals surface area contributed by atoms with Gasteiger partial charge in [0.2, 0.25) is 11.8 Å². The molecule has 5 rings (SSSR count). The molecule has 0 radical (unpaired) electrons. The van der Waals surface area contributed by atoms with Crippen LogP contribution in [0.5, 0.6) is 0 Å². The maximum Gasteiger partial charge on any atom is 0.229 e. The Morgan fingerprint density at radius 1 is 1.21 bits per heavy atom. The highest BCUT2D eigenvalue weighted by molar-refractivity contribution is 5.98. The number of nitrogens with one attached hydrogen (secondary N) is 1. The molecule has 1 aromatic carbocycles. The summed E-state index contributed by atoms with van der Waals surface area (Å²) >= 11 is 0. The van der Waals surface area contributed by atoms with Crippen LogP contribution in [0.25, 0.3) is 22.2 Å². The Morgan fingerprint density at radius 2 is 2.06 bits per heavy atom. The second-order valence-electron chi connectivity index (χ2n) is 8.47. The van der Waals surface area contributed by atoms with Crippen LogP contribution in [0.15, 0.2) is 53.1 Å². The van der Waals surface area contributed by atoms with E-state index in [-0.39, 0.29) is 11.8 Å². The van der Waals surface area contributed by atoms with Crippen molar-refractivity contribution >= 4 is 28.5 Å². The zero-order chi connectivity index (χ0) is 22.9. The van der Waals surface area contributed by atoms with Gasteiger partial charge in [0, 0.05) is 55.2 Å². The molecule has 33 heavy (non-hydrogen) atoms. The first-order valence-electron chi connectivity index (χ1n) is 11.2. The standard InChI is InChI=1S/C25H27N5O3/c1-17-9-10-18(33-17)15-26-23(31)8-5-12-29-24-14-21(27-30(24)13-11-25(29)32)20-16-28(2)22-7-4-3-6-19(20)22/h3-4,6-7,9-10,14,16H,5,8,11-13,15H2,1-2H3,(H,26,31). The molecule has 1 aliphatic rings. The van der Waals surface area contributed by atoms with Gasteiger partial charge in [0.05, 0.1) is 18.8 Å². The third-order valence-electron chi connectivity index (χ3n) is 6.09. The molecule has 0 spiro atoms. The van der Waals surface area contributed by atoms with Crippen molar-refractivity contribution in [2.75, 3.05) is 11.4 Å². The predicted octanol–water partition coefficient (Wildman–Crippen LogP) is 3.78. The largest absolute Gasteiger partial charge is 0.465 e. The van der Waals surface area contributed by atoms with Crippen molar-refractivity contribution < 1.29 is 14.0 Å². The number of fused-ring (bicyclic) bond motifs is 2. The number of benzene rings is 1. The predicted molar refractivity (Wildman–Crippen MR) is 126 cm³/mol.